The van der Waals surface area contributed by atoms with E-state index in [4.69, 9.17) is 0 Å². The summed E-state index contributed by atoms with van der Waals surface area (Å²) in [7, 11) is -4.03. The second-order valence-corrected chi connectivity index (χ2v) is 7.02. The molecule has 0 fully saturated rings. The van der Waals surface area contributed by atoms with E-state index in [-0.39, 0.29) is 16.5 Å². The minimum absolute atomic E-state index is 0.190. The van der Waals surface area contributed by atoms with Gasteiger partial charge in [0.15, 0.2) is 0 Å². The monoisotopic (exact) mass is 388 g/mol. The number of halogens is 3. The van der Waals surface area contributed by atoms with Crippen molar-refractivity contribution in [3.05, 3.63) is 48.0 Å². The van der Waals surface area contributed by atoms with E-state index in [1.165, 1.54) is 19.1 Å². The second kappa shape index (κ2) is 7.24. The Morgan fingerprint density at radius 2 is 1.69 bits per heavy atom. The molecule has 0 saturated carbocycles. The first kappa shape index (κ1) is 19.6. The van der Waals surface area contributed by atoms with Crippen molar-refractivity contribution in [2.75, 3.05) is 10.0 Å². The predicted molar refractivity (Wildman–Crippen MR) is 89.4 cm³/mol. The van der Waals surface area contributed by atoms with Crippen LogP contribution in [-0.2, 0) is 14.8 Å². The highest BCUT2D eigenvalue weighted by atomic mass is 32.2. The fourth-order valence-corrected chi connectivity index (χ4v) is 3.09. The Morgan fingerprint density at radius 1 is 1.08 bits per heavy atom. The third kappa shape index (κ3) is 5.38. The predicted octanol–water partition coefficient (Wildman–Crippen LogP) is 3.65. The van der Waals surface area contributed by atoms with Crippen molar-refractivity contribution in [1.29, 1.82) is 0 Å². The Kier molecular flexibility index (Phi) is 5.45. The Hall–Kier alpha value is -2.75. The molecule has 6 nitrogen and oxygen atoms in total. The van der Waals surface area contributed by atoms with Gasteiger partial charge in [-0.25, -0.2) is 8.42 Å². The molecule has 2 N–H and O–H groups in total. The first-order valence-corrected chi connectivity index (χ1v) is 8.71. The number of sulfonamides is 1. The van der Waals surface area contributed by atoms with Crippen LogP contribution in [-0.4, -0.2) is 20.7 Å². The van der Waals surface area contributed by atoms with Gasteiger partial charge >= 0.3 is 6.36 Å². The topological polar surface area (TPSA) is 84.5 Å². The quantitative estimate of drug-likeness (QED) is 0.819. The largest absolute Gasteiger partial charge is 0.573 e. The van der Waals surface area contributed by atoms with E-state index in [1.807, 2.05) is 0 Å². The molecule has 1 amide bonds. The first-order valence-electron chi connectivity index (χ1n) is 7.23. The van der Waals surface area contributed by atoms with Crippen LogP contribution in [0.3, 0.4) is 0 Å². The summed E-state index contributed by atoms with van der Waals surface area (Å²) in [6.45, 7) is 3.06. The third-order valence-corrected chi connectivity index (χ3v) is 4.57. The molecule has 0 aromatic heterocycles. The molecular formula is C16H15F3N2O4S. The van der Waals surface area contributed by atoms with Crippen LogP contribution in [0.15, 0.2) is 47.4 Å². The van der Waals surface area contributed by atoms with Crippen molar-refractivity contribution in [2.45, 2.75) is 25.1 Å². The first-order chi connectivity index (χ1) is 12.0. The van der Waals surface area contributed by atoms with Crippen molar-refractivity contribution in [1.82, 2.24) is 0 Å². The Labute approximate surface area is 148 Å². The van der Waals surface area contributed by atoms with Crippen LogP contribution >= 0.6 is 0 Å². The van der Waals surface area contributed by atoms with Gasteiger partial charge in [-0.3, -0.25) is 9.52 Å². The van der Waals surface area contributed by atoms with Crippen LogP contribution in [0.2, 0.25) is 0 Å². The highest BCUT2D eigenvalue weighted by Gasteiger charge is 2.31. The van der Waals surface area contributed by atoms with Gasteiger partial charge in [0.05, 0.1) is 10.6 Å². The number of benzene rings is 2. The number of carbonyl (C=O) groups is 1. The number of nitrogens with one attached hydrogen (secondary N) is 2. The number of hydrogen-bond donors (Lipinski definition) is 2. The SMILES string of the molecule is CC(=O)Nc1cc(NS(=O)(=O)c2ccc(OC(F)(F)F)cc2)ccc1C. The van der Waals surface area contributed by atoms with E-state index < -0.39 is 22.1 Å². The number of aryl methyl sites for hydroxylation is 1. The van der Waals surface area contributed by atoms with Gasteiger partial charge in [0.1, 0.15) is 5.75 Å². The molecule has 10 heteroatoms. The van der Waals surface area contributed by atoms with E-state index in [0.717, 1.165) is 29.8 Å². The molecule has 0 radical (unpaired) electrons. The summed E-state index contributed by atoms with van der Waals surface area (Å²) in [5, 5.41) is 2.57. The standard InChI is InChI=1S/C16H15F3N2O4S/c1-10-3-4-12(9-15(10)20-11(2)22)21-26(23,24)14-7-5-13(6-8-14)25-16(17,18)19/h3-9,21H,1-2H3,(H,20,22). The lowest BCUT2D eigenvalue weighted by molar-refractivity contribution is -0.274. The van der Waals surface area contributed by atoms with Gasteiger partial charge in [0.25, 0.3) is 10.0 Å². The number of alkyl halides is 3. The van der Waals surface area contributed by atoms with E-state index in [2.05, 4.69) is 14.8 Å². The van der Waals surface area contributed by atoms with Gasteiger partial charge in [-0.2, -0.15) is 0 Å². The number of anilines is 2. The second-order valence-electron chi connectivity index (χ2n) is 5.34. The minimum Gasteiger partial charge on any atom is -0.406 e. The molecule has 0 spiro atoms. The van der Waals surface area contributed by atoms with Crippen LogP contribution < -0.4 is 14.8 Å². The summed E-state index contributed by atoms with van der Waals surface area (Å²) in [6, 6.07) is 8.34. The van der Waals surface area contributed by atoms with Crippen LogP contribution in [0.5, 0.6) is 5.75 Å². The Balaban J connectivity index is 2.22. The molecule has 0 saturated heterocycles. The van der Waals surface area contributed by atoms with Crippen molar-refractivity contribution in [3.63, 3.8) is 0 Å². The lowest BCUT2D eigenvalue weighted by Crippen LogP contribution is -2.17. The number of rotatable bonds is 5. The highest BCUT2D eigenvalue weighted by molar-refractivity contribution is 7.92. The minimum atomic E-state index is -4.86. The summed E-state index contributed by atoms with van der Waals surface area (Å²) < 4.78 is 67.1. The number of ether oxygens (including phenoxy) is 1. The molecule has 2 aromatic rings. The van der Waals surface area contributed by atoms with Crippen molar-refractivity contribution < 1.29 is 31.1 Å². The molecule has 0 unspecified atom stereocenters. The Morgan fingerprint density at radius 3 is 2.23 bits per heavy atom. The van der Waals surface area contributed by atoms with Crippen LogP contribution in [0.25, 0.3) is 0 Å². The molecule has 0 bridgehead atoms. The smallest absolute Gasteiger partial charge is 0.406 e. The summed E-state index contributed by atoms with van der Waals surface area (Å²) in [5.41, 5.74) is 1.36. The average Bonchev–Trinajstić information content (AvgIpc) is 2.49. The summed E-state index contributed by atoms with van der Waals surface area (Å²) >= 11 is 0. The molecule has 2 aromatic carbocycles. The van der Waals surface area contributed by atoms with E-state index in [9.17, 15) is 26.4 Å². The zero-order valence-electron chi connectivity index (χ0n) is 13.7. The molecule has 0 aliphatic rings. The Bertz CT molecular complexity index is 910. The molecule has 0 heterocycles. The van der Waals surface area contributed by atoms with Gasteiger partial charge in [-0.05, 0) is 48.9 Å². The molecule has 26 heavy (non-hydrogen) atoms. The number of carbonyl (C=O) groups excluding carboxylic acids is 1. The van der Waals surface area contributed by atoms with Crippen molar-refractivity contribution in [3.8, 4) is 5.75 Å². The fourth-order valence-electron chi connectivity index (χ4n) is 2.04. The van der Waals surface area contributed by atoms with Crippen LogP contribution in [0.1, 0.15) is 12.5 Å². The third-order valence-electron chi connectivity index (χ3n) is 3.17. The van der Waals surface area contributed by atoms with Crippen molar-refractivity contribution >= 4 is 27.3 Å². The molecule has 0 aliphatic carbocycles. The lowest BCUT2D eigenvalue weighted by Gasteiger charge is -2.13. The maximum absolute atomic E-state index is 12.4. The molecule has 0 aliphatic heterocycles. The van der Waals surface area contributed by atoms with Crippen molar-refractivity contribution in [2.24, 2.45) is 0 Å². The summed E-state index contributed by atoms with van der Waals surface area (Å²) in [4.78, 5) is 10.9. The zero-order chi connectivity index (χ0) is 19.5. The fraction of sp³-hybridized carbons (Fsp3) is 0.188. The lowest BCUT2D eigenvalue weighted by atomic mass is 10.2. The zero-order valence-corrected chi connectivity index (χ0v) is 14.5. The van der Waals surface area contributed by atoms with Gasteiger partial charge in [-0.1, -0.05) is 6.07 Å². The normalized spacial score (nSPS) is 11.7. The van der Waals surface area contributed by atoms with Gasteiger partial charge in [0.2, 0.25) is 5.91 Å². The van der Waals surface area contributed by atoms with E-state index >= 15 is 0 Å². The number of amides is 1. The summed E-state index contributed by atoms with van der Waals surface area (Å²) in [6.07, 6.45) is -4.86. The molecule has 2 rings (SSSR count). The van der Waals surface area contributed by atoms with Gasteiger partial charge < -0.3 is 10.1 Å². The highest BCUT2D eigenvalue weighted by Crippen LogP contribution is 2.26. The maximum Gasteiger partial charge on any atom is 0.573 e. The molecule has 140 valence electrons. The summed E-state index contributed by atoms with van der Waals surface area (Å²) in [5.74, 6) is -0.840. The van der Waals surface area contributed by atoms with Gasteiger partial charge in [0, 0.05) is 12.6 Å². The van der Waals surface area contributed by atoms with Gasteiger partial charge in [-0.15, -0.1) is 13.2 Å². The van der Waals surface area contributed by atoms with Crippen LogP contribution in [0, 0.1) is 6.92 Å². The molecule has 0 atom stereocenters. The van der Waals surface area contributed by atoms with Crippen LogP contribution in [0.4, 0.5) is 24.5 Å². The maximum atomic E-state index is 12.4. The molecular weight excluding hydrogens is 373 g/mol. The van der Waals surface area contributed by atoms with E-state index in [1.54, 1.807) is 13.0 Å². The number of hydrogen-bond acceptors (Lipinski definition) is 4. The average molecular weight is 388 g/mol. The van der Waals surface area contributed by atoms with E-state index in [0.29, 0.717) is 5.69 Å².